The third-order valence-corrected chi connectivity index (χ3v) is 2.47. The van der Waals surface area contributed by atoms with Gasteiger partial charge in [-0.1, -0.05) is 25.3 Å². The number of aliphatic imine (C=N–C) groups is 1. The Hall–Kier alpha value is -1.51. The summed E-state index contributed by atoms with van der Waals surface area (Å²) >= 11 is 0. The van der Waals surface area contributed by atoms with E-state index < -0.39 is 0 Å². The van der Waals surface area contributed by atoms with Gasteiger partial charge in [0.05, 0.1) is 0 Å². The maximum absolute atomic E-state index is 5.74. The van der Waals surface area contributed by atoms with Gasteiger partial charge >= 0.3 is 0 Å². The van der Waals surface area contributed by atoms with Crippen LogP contribution in [0.3, 0.4) is 0 Å². The fraction of sp³-hybridized carbons (Fsp3) is 0.364. The van der Waals surface area contributed by atoms with Crippen molar-refractivity contribution in [3.05, 3.63) is 36.5 Å². The zero-order valence-electron chi connectivity index (χ0n) is 8.66. The highest BCUT2D eigenvalue weighted by atomic mass is 15.2. The Morgan fingerprint density at radius 3 is 2.57 bits per heavy atom. The molecular weight excluding hydrogens is 174 g/mol. The molecule has 2 N–H and O–H groups in total. The summed E-state index contributed by atoms with van der Waals surface area (Å²) < 4.78 is 0. The summed E-state index contributed by atoms with van der Waals surface area (Å²) in [5.41, 5.74) is 8.20. The molecule has 0 bridgehead atoms. The molecule has 0 aromatic heterocycles. The van der Waals surface area contributed by atoms with Crippen molar-refractivity contribution in [1.29, 1.82) is 0 Å². The molecule has 0 aromatic carbocycles. The van der Waals surface area contributed by atoms with Gasteiger partial charge in [0.2, 0.25) is 0 Å². The normalized spacial score (nSPS) is 18.4. The Balaban J connectivity index is 2.84. The summed E-state index contributed by atoms with van der Waals surface area (Å²) in [5, 5.41) is 0. The molecule has 0 fully saturated rings. The first kappa shape index (κ1) is 10.6. The molecule has 14 heavy (non-hydrogen) atoms. The Kier molecular flexibility index (Phi) is 3.51. The molecule has 0 aromatic rings. The van der Waals surface area contributed by atoms with E-state index in [4.69, 9.17) is 5.73 Å². The number of nitrogens with two attached hydrogens (primary N) is 1. The van der Waals surface area contributed by atoms with Crippen LogP contribution in [0.4, 0.5) is 0 Å². The maximum Gasteiger partial charge on any atom is 0.191 e. The van der Waals surface area contributed by atoms with Crippen LogP contribution in [0, 0.1) is 0 Å². The van der Waals surface area contributed by atoms with Crippen molar-refractivity contribution in [2.24, 2.45) is 10.7 Å². The molecule has 0 unspecified atom stereocenters. The molecule has 1 heterocycles. The average molecular weight is 191 g/mol. The second-order valence-electron chi connectivity index (χ2n) is 3.21. The van der Waals surface area contributed by atoms with Crippen molar-refractivity contribution in [3.8, 4) is 0 Å². The lowest BCUT2D eigenvalue weighted by atomic mass is 10.0. The standard InChI is InChI=1S/C11H17N3/c1-4-9-6-7-14(11(12)13-3)8-10(9)5-2/h4-5H,1-2,6-8H2,3H3,(H2,12,13). The van der Waals surface area contributed by atoms with E-state index in [0.717, 1.165) is 19.5 Å². The molecule has 76 valence electrons. The third-order valence-electron chi connectivity index (χ3n) is 2.47. The van der Waals surface area contributed by atoms with E-state index in [1.807, 2.05) is 17.1 Å². The molecule has 0 saturated heterocycles. The summed E-state index contributed by atoms with van der Waals surface area (Å²) in [7, 11) is 1.70. The molecule has 3 heteroatoms. The summed E-state index contributed by atoms with van der Waals surface area (Å²) in [4.78, 5) is 6.02. The summed E-state index contributed by atoms with van der Waals surface area (Å²) in [6.07, 6.45) is 4.72. The topological polar surface area (TPSA) is 41.6 Å². The molecule has 1 aliphatic rings. The van der Waals surface area contributed by atoms with Crippen molar-refractivity contribution < 1.29 is 0 Å². The van der Waals surface area contributed by atoms with Gasteiger partial charge in [-0.3, -0.25) is 4.99 Å². The second kappa shape index (κ2) is 4.65. The molecule has 0 aliphatic carbocycles. The molecule has 0 atom stereocenters. The van der Waals surface area contributed by atoms with Gasteiger partial charge < -0.3 is 10.6 Å². The first-order chi connectivity index (χ1) is 6.72. The quantitative estimate of drug-likeness (QED) is 0.528. The summed E-state index contributed by atoms with van der Waals surface area (Å²) in [6, 6.07) is 0. The van der Waals surface area contributed by atoms with Crippen LogP contribution in [-0.4, -0.2) is 31.0 Å². The van der Waals surface area contributed by atoms with E-state index >= 15 is 0 Å². The van der Waals surface area contributed by atoms with Gasteiger partial charge in [-0.25, -0.2) is 0 Å². The minimum Gasteiger partial charge on any atom is -0.370 e. The Morgan fingerprint density at radius 2 is 2.07 bits per heavy atom. The monoisotopic (exact) mass is 191 g/mol. The number of hydrogen-bond acceptors (Lipinski definition) is 1. The van der Waals surface area contributed by atoms with Gasteiger partial charge in [0.15, 0.2) is 5.96 Å². The SMILES string of the molecule is C=CC1=C(C=C)CN(C(N)=NC)CC1. The Labute approximate surface area is 85.3 Å². The van der Waals surface area contributed by atoms with E-state index in [0.29, 0.717) is 5.96 Å². The number of nitrogens with zero attached hydrogens (tertiary/aromatic N) is 2. The fourth-order valence-electron chi connectivity index (χ4n) is 1.57. The van der Waals surface area contributed by atoms with Crippen LogP contribution in [0.5, 0.6) is 0 Å². The van der Waals surface area contributed by atoms with E-state index in [9.17, 15) is 0 Å². The van der Waals surface area contributed by atoms with Crippen LogP contribution in [0.2, 0.25) is 0 Å². The molecular formula is C11H17N3. The second-order valence-corrected chi connectivity index (χ2v) is 3.21. The van der Waals surface area contributed by atoms with Crippen LogP contribution in [0.15, 0.2) is 41.4 Å². The highest BCUT2D eigenvalue weighted by Gasteiger charge is 2.16. The van der Waals surface area contributed by atoms with Gasteiger partial charge in [0, 0.05) is 20.1 Å². The smallest absolute Gasteiger partial charge is 0.191 e. The average Bonchev–Trinajstić information content (AvgIpc) is 2.26. The van der Waals surface area contributed by atoms with Crippen molar-refractivity contribution >= 4 is 5.96 Å². The highest BCUT2D eigenvalue weighted by Crippen LogP contribution is 2.18. The van der Waals surface area contributed by atoms with Crippen LogP contribution < -0.4 is 5.73 Å². The van der Waals surface area contributed by atoms with E-state index in [-0.39, 0.29) is 0 Å². The van der Waals surface area contributed by atoms with Crippen LogP contribution in [0.25, 0.3) is 0 Å². The molecule has 1 aliphatic heterocycles. The van der Waals surface area contributed by atoms with Crippen molar-refractivity contribution in [2.75, 3.05) is 20.1 Å². The van der Waals surface area contributed by atoms with Crippen LogP contribution in [0.1, 0.15) is 6.42 Å². The van der Waals surface area contributed by atoms with Gasteiger partial charge in [-0.15, -0.1) is 0 Å². The molecule has 0 spiro atoms. The van der Waals surface area contributed by atoms with Crippen molar-refractivity contribution in [3.63, 3.8) is 0 Å². The van der Waals surface area contributed by atoms with E-state index in [1.54, 1.807) is 7.05 Å². The number of hydrogen-bond donors (Lipinski definition) is 1. The molecule has 0 amide bonds. The number of guanidine groups is 1. The Morgan fingerprint density at radius 1 is 1.43 bits per heavy atom. The first-order valence-electron chi connectivity index (χ1n) is 4.67. The van der Waals surface area contributed by atoms with Crippen LogP contribution >= 0.6 is 0 Å². The largest absolute Gasteiger partial charge is 0.370 e. The fourth-order valence-corrected chi connectivity index (χ4v) is 1.57. The van der Waals surface area contributed by atoms with Gasteiger partial charge in [-0.2, -0.15) is 0 Å². The lowest BCUT2D eigenvalue weighted by Crippen LogP contribution is -2.41. The predicted molar refractivity (Wildman–Crippen MR) is 61.2 cm³/mol. The highest BCUT2D eigenvalue weighted by molar-refractivity contribution is 5.78. The third kappa shape index (κ3) is 2.05. The minimum atomic E-state index is 0.590. The lowest BCUT2D eigenvalue weighted by Gasteiger charge is -2.29. The maximum atomic E-state index is 5.74. The lowest BCUT2D eigenvalue weighted by molar-refractivity contribution is 0.433. The van der Waals surface area contributed by atoms with Gasteiger partial charge in [0.1, 0.15) is 0 Å². The molecule has 1 rings (SSSR count). The summed E-state index contributed by atoms with van der Waals surface area (Å²) in [6.45, 7) is 9.27. The zero-order valence-corrected chi connectivity index (χ0v) is 8.66. The predicted octanol–water partition coefficient (Wildman–Crippen LogP) is 1.31. The van der Waals surface area contributed by atoms with E-state index in [2.05, 4.69) is 18.2 Å². The number of rotatable bonds is 2. The molecule has 3 nitrogen and oxygen atoms in total. The number of allylic oxidation sites excluding steroid dienone is 1. The minimum absolute atomic E-state index is 0.590. The van der Waals surface area contributed by atoms with Crippen molar-refractivity contribution in [2.45, 2.75) is 6.42 Å². The molecule has 0 saturated carbocycles. The Bertz CT molecular complexity index is 300. The first-order valence-corrected chi connectivity index (χ1v) is 4.67. The van der Waals surface area contributed by atoms with Crippen molar-refractivity contribution in [1.82, 2.24) is 4.90 Å². The van der Waals surface area contributed by atoms with Gasteiger partial charge in [0.25, 0.3) is 0 Å². The van der Waals surface area contributed by atoms with Gasteiger partial charge in [-0.05, 0) is 17.6 Å². The zero-order chi connectivity index (χ0) is 10.6. The molecule has 0 radical (unpaired) electrons. The van der Waals surface area contributed by atoms with Crippen LogP contribution in [-0.2, 0) is 0 Å². The summed E-state index contributed by atoms with van der Waals surface area (Å²) in [5.74, 6) is 0.590. The van der Waals surface area contributed by atoms with E-state index in [1.165, 1.54) is 11.1 Å².